The molecule has 0 aliphatic carbocycles. The molecule has 1 heterocycles. The summed E-state index contributed by atoms with van der Waals surface area (Å²) in [5.74, 6) is -0.206. The molecule has 0 atom stereocenters. The predicted octanol–water partition coefficient (Wildman–Crippen LogP) is 3.56. The Bertz CT molecular complexity index is 906. The number of carbonyl (C=O) groups is 1. The van der Waals surface area contributed by atoms with Gasteiger partial charge in [-0.1, -0.05) is 35.9 Å². The molecule has 3 rings (SSSR count). The van der Waals surface area contributed by atoms with Crippen LogP contribution >= 0.6 is 0 Å². The first kappa shape index (κ1) is 15.0. The number of nitrogens with zero attached hydrogens (tertiary/aromatic N) is 2. The molecular weight excluding hydrogens is 286 g/mol. The van der Waals surface area contributed by atoms with Gasteiger partial charge in [-0.15, -0.1) is 0 Å². The first-order valence-electron chi connectivity index (χ1n) is 7.52. The van der Waals surface area contributed by atoms with Crippen LogP contribution in [0, 0.1) is 13.8 Å². The van der Waals surface area contributed by atoms with Gasteiger partial charge in [0.15, 0.2) is 0 Å². The number of hydrogen-bond acceptors (Lipinski definition) is 2. The minimum Gasteiger partial charge on any atom is -0.347 e. The first-order valence-corrected chi connectivity index (χ1v) is 7.52. The number of para-hydroxylation sites is 1. The zero-order valence-electron chi connectivity index (χ0n) is 13.5. The van der Waals surface area contributed by atoms with E-state index in [4.69, 9.17) is 0 Å². The van der Waals surface area contributed by atoms with Gasteiger partial charge < -0.3 is 4.57 Å². The molecule has 4 nitrogen and oxygen atoms in total. The van der Waals surface area contributed by atoms with Crippen LogP contribution in [0.1, 0.15) is 27.2 Å². The van der Waals surface area contributed by atoms with Crippen molar-refractivity contribution in [2.24, 2.45) is 12.1 Å². The summed E-state index contributed by atoms with van der Waals surface area (Å²) in [6.45, 7) is 4.00. The summed E-state index contributed by atoms with van der Waals surface area (Å²) in [5.41, 5.74) is 7.53. The van der Waals surface area contributed by atoms with Crippen molar-refractivity contribution in [1.82, 2.24) is 9.99 Å². The van der Waals surface area contributed by atoms with Crippen LogP contribution in [0.2, 0.25) is 0 Å². The monoisotopic (exact) mass is 305 g/mol. The highest BCUT2D eigenvalue weighted by molar-refractivity contribution is 6.02. The van der Waals surface area contributed by atoms with Crippen LogP contribution in [0.4, 0.5) is 0 Å². The van der Waals surface area contributed by atoms with Gasteiger partial charge >= 0.3 is 0 Å². The van der Waals surface area contributed by atoms with Crippen LogP contribution in [-0.2, 0) is 7.05 Å². The standard InChI is InChI=1S/C19H19N3O/c1-13-7-6-8-15(11-13)19(23)21-20-12-17-14(2)22(3)18-10-5-4-9-16(17)18/h4-12H,1-3H3,(H,21,23)/b20-12-. The fourth-order valence-corrected chi connectivity index (χ4v) is 2.72. The number of carbonyl (C=O) groups excluding carboxylic acids is 1. The molecule has 0 fully saturated rings. The molecule has 1 amide bonds. The van der Waals surface area contributed by atoms with E-state index in [1.165, 1.54) is 0 Å². The Morgan fingerprint density at radius 1 is 1.13 bits per heavy atom. The molecule has 116 valence electrons. The molecule has 1 aromatic heterocycles. The molecule has 0 radical (unpaired) electrons. The van der Waals surface area contributed by atoms with Gasteiger partial charge in [-0.3, -0.25) is 4.79 Å². The van der Waals surface area contributed by atoms with Crippen molar-refractivity contribution in [3.8, 4) is 0 Å². The highest BCUT2D eigenvalue weighted by Gasteiger charge is 2.09. The van der Waals surface area contributed by atoms with Crippen molar-refractivity contribution < 1.29 is 4.79 Å². The highest BCUT2D eigenvalue weighted by Crippen LogP contribution is 2.22. The van der Waals surface area contributed by atoms with Crippen molar-refractivity contribution in [2.45, 2.75) is 13.8 Å². The number of nitrogens with one attached hydrogen (secondary N) is 1. The van der Waals surface area contributed by atoms with Gasteiger partial charge in [-0.25, -0.2) is 5.43 Å². The number of rotatable bonds is 3. The van der Waals surface area contributed by atoms with Crippen LogP contribution in [-0.4, -0.2) is 16.7 Å². The molecule has 3 aromatic rings. The van der Waals surface area contributed by atoms with Crippen molar-refractivity contribution in [3.05, 3.63) is 70.9 Å². The van der Waals surface area contributed by atoms with Crippen LogP contribution in [0.3, 0.4) is 0 Å². The van der Waals surface area contributed by atoms with Gasteiger partial charge in [0.1, 0.15) is 0 Å². The zero-order valence-corrected chi connectivity index (χ0v) is 13.5. The number of hydrazone groups is 1. The second kappa shape index (κ2) is 6.08. The van der Waals surface area contributed by atoms with Crippen molar-refractivity contribution >= 4 is 23.0 Å². The van der Waals surface area contributed by atoms with Gasteiger partial charge in [0.25, 0.3) is 5.91 Å². The third-order valence-corrected chi connectivity index (χ3v) is 4.09. The fraction of sp³-hybridized carbons (Fsp3) is 0.158. The number of fused-ring (bicyclic) bond motifs is 1. The molecule has 0 aliphatic rings. The summed E-state index contributed by atoms with van der Waals surface area (Å²) >= 11 is 0. The lowest BCUT2D eigenvalue weighted by atomic mass is 10.1. The maximum atomic E-state index is 12.1. The van der Waals surface area contributed by atoms with E-state index < -0.39 is 0 Å². The number of benzene rings is 2. The summed E-state index contributed by atoms with van der Waals surface area (Å²) in [4.78, 5) is 12.1. The second-order valence-corrected chi connectivity index (χ2v) is 5.64. The summed E-state index contributed by atoms with van der Waals surface area (Å²) < 4.78 is 2.12. The van der Waals surface area contributed by atoms with E-state index in [9.17, 15) is 4.79 Å². The van der Waals surface area contributed by atoms with Crippen molar-refractivity contribution in [1.29, 1.82) is 0 Å². The largest absolute Gasteiger partial charge is 0.347 e. The zero-order chi connectivity index (χ0) is 16.4. The van der Waals surface area contributed by atoms with Gasteiger partial charge in [0.2, 0.25) is 0 Å². The Hall–Kier alpha value is -2.88. The van der Waals surface area contributed by atoms with E-state index in [0.717, 1.165) is 27.7 Å². The lowest BCUT2D eigenvalue weighted by Gasteiger charge is -2.01. The van der Waals surface area contributed by atoms with Gasteiger partial charge in [0, 0.05) is 34.8 Å². The molecule has 0 unspecified atom stereocenters. The van der Waals surface area contributed by atoms with Gasteiger partial charge in [-0.2, -0.15) is 5.10 Å². The van der Waals surface area contributed by atoms with Crippen LogP contribution in [0.15, 0.2) is 53.6 Å². The minimum atomic E-state index is -0.206. The molecule has 23 heavy (non-hydrogen) atoms. The molecule has 0 saturated heterocycles. The smallest absolute Gasteiger partial charge is 0.271 e. The Balaban J connectivity index is 1.84. The normalized spacial score (nSPS) is 11.3. The van der Waals surface area contributed by atoms with E-state index in [2.05, 4.69) is 27.2 Å². The SMILES string of the molecule is Cc1cccc(C(=O)N/N=C\c2c(C)n(C)c3ccccc23)c1. The Kier molecular flexibility index (Phi) is 3.98. The summed E-state index contributed by atoms with van der Waals surface area (Å²) in [6.07, 6.45) is 1.71. The molecule has 2 aromatic carbocycles. The van der Waals surface area contributed by atoms with E-state index in [-0.39, 0.29) is 5.91 Å². The number of aryl methyl sites for hydroxylation is 2. The Morgan fingerprint density at radius 3 is 2.70 bits per heavy atom. The molecule has 1 N–H and O–H groups in total. The third-order valence-electron chi connectivity index (χ3n) is 4.09. The van der Waals surface area contributed by atoms with E-state index >= 15 is 0 Å². The summed E-state index contributed by atoms with van der Waals surface area (Å²) in [6, 6.07) is 15.6. The first-order chi connectivity index (χ1) is 11.1. The topological polar surface area (TPSA) is 46.4 Å². The third kappa shape index (κ3) is 2.88. The second-order valence-electron chi connectivity index (χ2n) is 5.64. The Labute approximate surface area is 135 Å². The average molecular weight is 305 g/mol. The molecule has 0 bridgehead atoms. The quantitative estimate of drug-likeness (QED) is 0.583. The lowest BCUT2D eigenvalue weighted by Crippen LogP contribution is -2.17. The van der Waals surface area contributed by atoms with Gasteiger partial charge in [-0.05, 0) is 32.0 Å². The molecule has 0 saturated carbocycles. The average Bonchev–Trinajstić information content (AvgIpc) is 2.80. The van der Waals surface area contributed by atoms with Crippen molar-refractivity contribution in [2.75, 3.05) is 0 Å². The summed E-state index contributed by atoms with van der Waals surface area (Å²) in [7, 11) is 2.03. The molecular formula is C19H19N3O. The molecule has 4 heteroatoms. The van der Waals surface area contributed by atoms with Crippen LogP contribution in [0.25, 0.3) is 10.9 Å². The maximum Gasteiger partial charge on any atom is 0.271 e. The molecule has 0 aliphatic heterocycles. The fourth-order valence-electron chi connectivity index (χ4n) is 2.72. The maximum absolute atomic E-state index is 12.1. The lowest BCUT2D eigenvalue weighted by molar-refractivity contribution is 0.0955. The van der Waals surface area contributed by atoms with Crippen LogP contribution in [0.5, 0.6) is 0 Å². The van der Waals surface area contributed by atoms with Crippen molar-refractivity contribution in [3.63, 3.8) is 0 Å². The van der Waals surface area contributed by atoms with Crippen LogP contribution < -0.4 is 5.43 Å². The number of hydrogen-bond donors (Lipinski definition) is 1. The number of aromatic nitrogens is 1. The predicted molar refractivity (Wildman–Crippen MR) is 93.9 cm³/mol. The van der Waals surface area contributed by atoms with E-state index in [1.54, 1.807) is 12.3 Å². The summed E-state index contributed by atoms with van der Waals surface area (Å²) in [5, 5.41) is 5.26. The minimum absolute atomic E-state index is 0.206. The highest BCUT2D eigenvalue weighted by atomic mass is 16.2. The Morgan fingerprint density at radius 2 is 1.91 bits per heavy atom. The molecule has 0 spiro atoms. The van der Waals surface area contributed by atoms with E-state index in [1.807, 2.05) is 51.2 Å². The van der Waals surface area contributed by atoms with Gasteiger partial charge in [0.05, 0.1) is 6.21 Å². The van der Waals surface area contributed by atoms with E-state index in [0.29, 0.717) is 5.56 Å². The number of amides is 1.